The van der Waals surface area contributed by atoms with E-state index in [0.717, 1.165) is 19.3 Å². The Hall–Kier alpha value is -0.370. The van der Waals surface area contributed by atoms with Gasteiger partial charge in [-0.2, -0.15) is 0 Å². The molecule has 2 heteroatoms. The molecular weight excluding hydrogens is 140 g/mol. The Bertz CT molecular complexity index is 157. The Labute approximate surface area is 67.6 Å². The summed E-state index contributed by atoms with van der Waals surface area (Å²) in [6, 6.07) is 0. The number of hydrogen-bond acceptors (Lipinski definition) is 2. The van der Waals surface area contributed by atoms with Gasteiger partial charge in [0.2, 0.25) is 0 Å². The lowest BCUT2D eigenvalue weighted by atomic mass is 9.76. The Morgan fingerprint density at radius 3 is 2.45 bits per heavy atom. The van der Waals surface area contributed by atoms with Gasteiger partial charge in [0.05, 0.1) is 0 Å². The lowest BCUT2D eigenvalue weighted by Gasteiger charge is -2.31. The Balaban J connectivity index is 2.51. The van der Waals surface area contributed by atoms with E-state index in [1.54, 1.807) is 6.92 Å². The average molecular weight is 156 g/mol. The van der Waals surface area contributed by atoms with Gasteiger partial charge in [-0.25, -0.2) is 0 Å². The van der Waals surface area contributed by atoms with E-state index in [1.165, 1.54) is 0 Å². The maximum atomic E-state index is 11.4. The summed E-state index contributed by atoms with van der Waals surface area (Å²) in [5.41, 5.74) is -1.06. The van der Waals surface area contributed by atoms with E-state index in [9.17, 15) is 9.90 Å². The van der Waals surface area contributed by atoms with Gasteiger partial charge in [-0.1, -0.05) is 13.3 Å². The first-order chi connectivity index (χ1) is 5.08. The van der Waals surface area contributed by atoms with Crippen LogP contribution < -0.4 is 0 Å². The molecule has 0 radical (unpaired) electrons. The third-order valence-electron chi connectivity index (χ3n) is 2.70. The summed E-state index contributed by atoms with van der Waals surface area (Å²) >= 11 is 0. The highest BCUT2D eigenvalue weighted by molar-refractivity contribution is 5.89. The fraction of sp³-hybridized carbons (Fsp3) is 0.889. The molecule has 0 bridgehead atoms. The lowest BCUT2D eigenvalue weighted by molar-refractivity contribution is -0.142. The van der Waals surface area contributed by atoms with Crippen LogP contribution in [0, 0.1) is 5.92 Å². The lowest BCUT2D eigenvalue weighted by Crippen LogP contribution is -2.41. The monoisotopic (exact) mass is 156 g/mol. The van der Waals surface area contributed by atoms with Crippen molar-refractivity contribution in [2.75, 3.05) is 0 Å². The SMILES string of the molecule is CCC(C)(O)C(=O)C1CCC1. The van der Waals surface area contributed by atoms with Crippen molar-refractivity contribution in [2.24, 2.45) is 5.92 Å². The maximum absolute atomic E-state index is 11.4. The van der Waals surface area contributed by atoms with Gasteiger partial charge in [-0.3, -0.25) is 4.79 Å². The van der Waals surface area contributed by atoms with Gasteiger partial charge >= 0.3 is 0 Å². The van der Waals surface area contributed by atoms with Gasteiger partial charge in [0.25, 0.3) is 0 Å². The van der Waals surface area contributed by atoms with Crippen molar-refractivity contribution in [3.63, 3.8) is 0 Å². The van der Waals surface area contributed by atoms with Gasteiger partial charge in [0.1, 0.15) is 5.60 Å². The molecule has 0 saturated heterocycles. The first kappa shape index (κ1) is 8.72. The minimum Gasteiger partial charge on any atom is -0.382 e. The average Bonchev–Trinajstić information content (AvgIpc) is 1.84. The number of hydrogen-bond donors (Lipinski definition) is 1. The van der Waals surface area contributed by atoms with Crippen LogP contribution in [0.15, 0.2) is 0 Å². The molecule has 0 amide bonds. The van der Waals surface area contributed by atoms with E-state index in [1.807, 2.05) is 6.92 Å². The number of Topliss-reactive ketones (excluding diaryl/α,β-unsaturated/α-hetero) is 1. The Morgan fingerprint density at radius 1 is 1.64 bits per heavy atom. The molecule has 0 aromatic carbocycles. The predicted molar refractivity (Wildman–Crippen MR) is 43.3 cm³/mol. The second kappa shape index (κ2) is 2.94. The molecule has 0 aliphatic heterocycles. The fourth-order valence-corrected chi connectivity index (χ4v) is 1.28. The van der Waals surface area contributed by atoms with Crippen molar-refractivity contribution < 1.29 is 9.90 Å². The number of carbonyl (C=O) groups is 1. The molecule has 1 rings (SSSR count). The molecule has 2 nitrogen and oxygen atoms in total. The summed E-state index contributed by atoms with van der Waals surface area (Å²) in [4.78, 5) is 11.4. The zero-order valence-electron chi connectivity index (χ0n) is 7.26. The van der Waals surface area contributed by atoms with Crippen molar-refractivity contribution in [3.8, 4) is 0 Å². The van der Waals surface area contributed by atoms with E-state index in [-0.39, 0.29) is 11.7 Å². The van der Waals surface area contributed by atoms with E-state index < -0.39 is 5.60 Å². The van der Waals surface area contributed by atoms with Crippen molar-refractivity contribution in [1.29, 1.82) is 0 Å². The van der Waals surface area contributed by atoms with Crippen LogP contribution in [0.5, 0.6) is 0 Å². The molecule has 1 aliphatic rings. The standard InChI is InChI=1S/C9H16O2/c1-3-9(2,11)8(10)7-5-4-6-7/h7,11H,3-6H2,1-2H3. The van der Waals surface area contributed by atoms with Gasteiger partial charge in [0, 0.05) is 5.92 Å². The number of aliphatic hydroxyl groups is 1. The van der Waals surface area contributed by atoms with Crippen LogP contribution in [0.3, 0.4) is 0 Å². The largest absolute Gasteiger partial charge is 0.382 e. The highest BCUT2D eigenvalue weighted by Crippen LogP contribution is 2.31. The maximum Gasteiger partial charge on any atom is 0.167 e. The van der Waals surface area contributed by atoms with Gasteiger partial charge < -0.3 is 5.11 Å². The van der Waals surface area contributed by atoms with Crippen molar-refractivity contribution in [3.05, 3.63) is 0 Å². The molecule has 1 fully saturated rings. The van der Waals surface area contributed by atoms with Crippen molar-refractivity contribution in [1.82, 2.24) is 0 Å². The summed E-state index contributed by atoms with van der Waals surface area (Å²) in [6.07, 6.45) is 3.64. The number of carbonyl (C=O) groups excluding carboxylic acids is 1. The quantitative estimate of drug-likeness (QED) is 0.672. The van der Waals surface area contributed by atoms with Crippen molar-refractivity contribution >= 4 is 5.78 Å². The van der Waals surface area contributed by atoms with E-state index >= 15 is 0 Å². The summed E-state index contributed by atoms with van der Waals surface area (Å²) in [5.74, 6) is 0.205. The Morgan fingerprint density at radius 2 is 2.18 bits per heavy atom. The Kier molecular flexibility index (Phi) is 2.33. The number of ketones is 1. The van der Waals surface area contributed by atoms with Crippen LogP contribution >= 0.6 is 0 Å². The van der Waals surface area contributed by atoms with E-state index in [2.05, 4.69) is 0 Å². The minimum absolute atomic E-state index is 0.0475. The molecule has 0 aromatic heterocycles. The summed E-state index contributed by atoms with van der Waals surface area (Å²) in [7, 11) is 0. The second-order valence-electron chi connectivity index (χ2n) is 3.62. The first-order valence-corrected chi connectivity index (χ1v) is 4.34. The molecular formula is C9H16O2. The molecule has 1 atom stereocenters. The van der Waals surface area contributed by atoms with Gasteiger partial charge in [-0.05, 0) is 26.2 Å². The zero-order chi connectivity index (χ0) is 8.48. The van der Waals surface area contributed by atoms with Gasteiger partial charge in [-0.15, -0.1) is 0 Å². The molecule has 1 saturated carbocycles. The molecule has 0 heterocycles. The van der Waals surface area contributed by atoms with Crippen LogP contribution in [-0.2, 0) is 4.79 Å². The third-order valence-corrected chi connectivity index (χ3v) is 2.70. The topological polar surface area (TPSA) is 37.3 Å². The van der Waals surface area contributed by atoms with Crippen LogP contribution in [0.1, 0.15) is 39.5 Å². The van der Waals surface area contributed by atoms with Crippen LogP contribution in [0.2, 0.25) is 0 Å². The highest BCUT2D eigenvalue weighted by atomic mass is 16.3. The van der Waals surface area contributed by atoms with E-state index in [0.29, 0.717) is 6.42 Å². The molecule has 11 heavy (non-hydrogen) atoms. The van der Waals surface area contributed by atoms with Gasteiger partial charge in [0.15, 0.2) is 5.78 Å². The van der Waals surface area contributed by atoms with Crippen LogP contribution in [-0.4, -0.2) is 16.5 Å². The third kappa shape index (κ3) is 1.62. The second-order valence-corrected chi connectivity index (χ2v) is 3.62. The van der Waals surface area contributed by atoms with Crippen LogP contribution in [0.25, 0.3) is 0 Å². The molecule has 64 valence electrons. The normalized spacial score (nSPS) is 23.9. The van der Waals surface area contributed by atoms with Crippen LogP contribution in [0.4, 0.5) is 0 Å². The summed E-state index contributed by atoms with van der Waals surface area (Å²) in [5, 5.41) is 9.58. The molecule has 0 spiro atoms. The zero-order valence-corrected chi connectivity index (χ0v) is 7.26. The highest BCUT2D eigenvalue weighted by Gasteiger charge is 2.36. The summed E-state index contributed by atoms with van der Waals surface area (Å²) < 4.78 is 0. The first-order valence-electron chi connectivity index (χ1n) is 4.34. The smallest absolute Gasteiger partial charge is 0.167 e. The number of rotatable bonds is 3. The van der Waals surface area contributed by atoms with E-state index in [4.69, 9.17) is 0 Å². The minimum atomic E-state index is -1.06. The predicted octanol–water partition coefficient (Wildman–Crippen LogP) is 1.52. The molecule has 1 N–H and O–H groups in total. The van der Waals surface area contributed by atoms with Crippen molar-refractivity contribution in [2.45, 2.75) is 45.1 Å². The fourth-order valence-electron chi connectivity index (χ4n) is 1.28. The summed E-state index contributed by atoms with van der Waals surface area (Å²) in [6.45, 7) is 3.46. The molecule has 1 aliphatic carbocycles. The molecule has 0 aromatic rings. The molecule has 1 unspecified atom stereocenters.